The summed E-state index contributed by atoms with van der Waals surface area (Å²) in [7, 11) is 0. The number of fused-ring (bicyclic) bond motifs is 1. The lowest BCUT2D eigenvalue weighted by atomic mass is 10.1. The second-order valence-corrected chi connectivity index (χ2v) is 8.03. The van der Waals surface area contributed by atoms with Crippen LogP contribution in [0.3, 0.4) is 0 Å². The largest absolute Gasteiger partial charge is 0.451 e. The number of amides is 1. The number of ether oxygens (including phenoxy) is 1. The fourth-order valence-corrected chi connectivity index (χ4v) is 4.45. The molecule has 0 saturated carbocycles. The Bertz CT molecular complexity index is 1040. The molecule has 2 aromatic heterocycles. The van der Waals surface area contributed by atoms with Gasteiger partial charge in [-0.05, 0) is 35.6 Å². The fraction of sp³-hybridized carbons (Fsp3) is 0.364. The van der Waals surface area contributed by atoms with Crippen molar-refractivity contribution in [3.8, 4) is 0 Å². The van der Waals surface area contributed by atoms with Gasteiger partial charge in [-0.3, -0.25) is 14.5 Å². The molecule has 1 saturated heterocycles. The molecule has 29 heavy (non-hydrogen) atoms. The van der Waals surface area contributed by atoms with Crippen LogP contribution in [0.5, 0.6) is 0 Å². The standard InChI is InChI=1S/C22H24N2O4S/c1-2-15-5-6-19-16(12-15)18(25)13-20(28-19)22(26)23-14-17(21-4-3-11-29-21)24-7-9-27-10-8-24/h3-6,11-13,17H,2,7-10,14H2,1H3,(H,23,26)/t17-/m0/s1. The Balaban J connectivity index is 1.52. The molecule has 1 fully saturated rings. The highest BCUT2D eigenvalue weighted by molar-refractivity contribution is 7.10. The van der Waals surface area contributed by atoms with Gasteiger partial charge in [-0.2, -0.15) is 0 Å². The molecular weight excluding hydrogens is 388 g/mol. The minimum atomic E-state index is -0.376. The molecule has 7 heteroatoms. The highest BCUT2D eigenvalue weighted by Gasteiger charge is 2.24. The summed E-state index contributed by atoms with van der Waals surface area (Å²) in [5, 5.41) is 5.50. The number of carbonyl (C=O) groups excluding carboxylic acids is 1. The van der Waals surface area contributed by atoms with Crippen LogP contribution in [0.2, 0.25) is 0 Å². The Morgan fingerprint density at radius 3 is 2.79 bits per heavy atom. The molecule has 3 aromatic rings. The van der Waals surface area contributed by atoms with Crippen LogP contribution in [0.15, 0.2) is 51.0 Å². The number of carbonyl (C=O) groups is 1. The first-order valence-corrected chi connectivity index (χ1v) is 10.7. The minimum Gasteiger partial charge on any atom is -0.451 e. The van der Waals surface area contributed by atoms with Crippen LogP contribution in [0.1, 0.15) is 34.0 Å². The van der Waals surface area contributed by atoms with Gasteiger partial charge in [0.25, 0.3) is 5.91 Å². The van der Waals surface area contributed by atoms with E-state index in [4.69, 9.17) is 9.15 Å². The molecule has 0 spiro atoms. The Morgan fingerprint density at radius 2 is 2.07 bits per heavy atom. The van der Waals surface area contributed by atoms with E-state index in [0.717, 1.165) is 25.1 Å². The molecule has 152 valence electrons. The quantitative estimate of drug-likeness (QED) is 0.673. The van der Waals surface area contributed by atoms with E-state index in [0.29, 0.717) is 30.7 Å². The summed E-state index contributed by atoms with van der Waals surface area (Å²) in [6.45, 7) is 5.50. The van der Waals surface area contributed by atoms with E-state index in [1.807, 2.05) is 30.5 Å². The van der Waals surface area contributed by atoms with E-state index in [-0.39, 0.29) is 23.1 Å². The molecule has 1 aromatic carbocycles. The fourth-order valence-electron chi connectivity index (χ4n) is 3.59. The molecule has 0 radical (unpaired) electrons. The SMILES string of the molecule is CCc1ccc2oc(C(=O)NC[C@@H](c3cccs3)N3CCOCC3)cc(=O)c2c1. The Hall–Kier alpha value is -2.48. The highest BCUT2D eigenvalue weighted by atomic mass is 32.1. The Labute approximate surface area is 173 Å². The number of aryl methyl sites for hydroxylation is 1. The number of hydrogen-bond acceptors (Lipinski definition) is 6. The zero-order valence-corrected chi connectivity index (χ0v) is 17.2. The van der Waals surface area contributed by atoms with Gasteiger partial charge >= 0.3 is 0 Å². The maximum absolute atomic E-state index is 12.7. The third-order valence-corrected chi connectivity index (χ3v) is 6.21. The van der Waals surface area contributed by atoms with Crippen LogP contribution in [-0.4, -0.2) is 43.7 Å². The molecule has 1 aliphatic heterocycles. The number of hydrogen-bond donors (Lipinski definition) is 1. The zero-order valence-electron chi connectivity index (χ0n) is 16.3. The van der Waals surface area contributed by atoms with Crippen molar-refractivity contribution in [2.24, 2.45) is 0 Å². The second-order valence-electron chi connectivity index (χ2n) is 7.05. The Morgan fingerprint density at radius 1 is 1.24 bits per heavy atom. The van der Waals surface area contributed by atoms with Crippen molar-refractivity contribution in [1.29, 1.82) is 0 Å². The minimum absolute atomic E-state index is 0.0404. The van der Waals surface area contributed by atoms with Crippen molar-refractivity contribution in [2.45, 2.75) is 19.4 Å². The third kappa shape index (κ3) is 4.42. The molecule has 0 bridgehead atoms. The van der Waals surface area contributed by atoms with Crippen molar-refractivity contribution in [1.82, 2.24) is 10.2 Å². The van der Waals surface area contributed by atoms with Crippen LogP contribution in [0.25, 0.3) is 11.0 Å². The first-order chi connectivity index (χ1) is 14.2. The number of nitrogens with one attached hydrogen (secondary N) is 1. The summed E-state index contributed by atoms with van der Waals surface area (Å²) in [5.41, 5.74) is 1.30. The monoisotopic (exact) mass is 412 g/mol. The lowest BCUT2D eigenvalue weighted by Gasteiger charge is -2.34. The summed E-state index contributed by atoms with van der Waals surface area (Å²) in [6.07, 6.45) is 0.837. The van der Waals surface area contributed by atoms with E-state index in [1.165, 1.54) is 10.9 Å². The number of thiophene rings is 1. The van der Waals surface area contributed by atoms with Gasteiger partial charge in [0.05, 0.1) is 24.6 Å². The number of rotatable bonds is 6. The highest BCUT2D eigenvalue weighted by Crippen LogP contribution is 2.25. The van der Waals surface area contributed by atoms with Crippen LogP contribution in [0, 0.1) is 0 Å². The van der Waals surface area contributed by atoms with E-state index < -0.39 is 0 Å². The van der Waals surface area contributed by atoms with Crippen LogP contribution >= 0.6 is 11.3 Å². The molecule has 1 aliphatic rings. The summed E-state index contributed by atoms with van der Waals surface area (Å²) in [4.78, 5) is 28.7. The predicted molar refractivity (Wildman–Crippen MR) is 114 cm³/mol. The molecule has 3 heterocycles. The van der Waals surface area contributed by atoms with Crippen molar-refractivity contribution < 1.29 is 13.9 Å². The molecular formula is C22H24N2O4S. The maximum Gasteiger partial charge on any atom is 0.287 e. The van der Waals surface area contributed by atoms with Gasteiger partial charge in [0.2, 0.25) is 0 Å². The van der Waals surface area contributed by atoms with E-state index in [1.54, 1.807) is 17.4 Å². The normalized spacial score (nSPS) is 16.0. The van der Waals surface area contributed by atoms with Crippen LogP contribution < -0.4 is 10.7 Å². The van der Waals surface area contributed by atoms with E-state index >= 15 is 0 Å². The van der Waals surface area contributed by atoms with Crippen LogP contribution in [-0.2, 0) is 11.2 Å². The average molecular weight is 413 g/mol. The van der Waals surface area contributed by atoms with Crippen LogP contribution in [0.4, 0.5) is 0 Å². The predicted octanol–water partition coefficient (Wildman–Crippen LogP) is 3.22. The average Bonchev–Trinajstić information content (AvgIpc) is 3.29. The molecule has 6 nitrogen and oxygen atoms in total. The lowest BCUT2D eigenvalue weighted by molar-refractivity contribution is 0.0168. The van der Waals surface area contributed by atoms with Gasteiger partial charge in [0.1, 0.15) is 5.58 Å². The summed E-state index contributed by atoms with van der Waals surface area (Å²) in [6, 6.07) is 11.0. The molecule has 4 rings (SSSR count). The Kier molecular flexibility index (Phi) is 6.08. The molecule has 1 amide bonds. The van der Waals surface area contributed by atoms with Gasteiger partial charge in [-0.25, -0.2) is 0 Å². The van der Waals surface area contributed by atoms with Gasteiger partial charge in [-0.15, -0.1) is 11.3 Å². The summed E-state index contributed by atoms with van der Waals surface area (Å²) >= 11 is 1.67. The molecule has 1 atom stereocenters. The second kappa shape index (κ2) is 8.90. The lowest BCUT2D eigenvalue weighted by Crippen LogP contribution is -2.43. The third-order valence-electron chi connectivity index (χ3n) is 5.24. The van der Waals surface area contributed by atoms with Crippen molar-refractivity contribution in [3.05, 3.63) is 68.2 Å². The number of nitrogens with zero attached hydrogens (tertiary/aromatic N) is 1. The van der Waals surface area contributed by atoms with Crippen molar-refractivity contribution in [2.75, 3.05) is 32.8 Å². The van der Waals surface area contributed by atoms with Gasteiger partial charge < -0.3 is 14.5 Å². The molecule has 0 unspecified atom stereocenters. The first-order valence-electron chi connectivity index (χ1n) is 9.86. The van der Waals surface area contributed by atoms with Crippen molar-refractivity contribution in [3.63, 3.8) is 0 Å². The van der Waals surface area contributed by atoms with E-state index in [9.17, 15) is 9.59 Å². The summed E-state index contributed by atoms with van der Waals surface area (Å²) < 4.78 is 11.2. The van der Waals surface area contributed by atoms with E-state index in [2.05, 4.69) is 16.3 Å². The molecule has 1 N–H and O–H groups in total. The first kappa shape index (κ1) is 19.8. The van der Waals surface area contributed by atoms with Gasteiger partial charge in [-0.1, -0.05) is 19.1 Å². The number of morpholine rings is 1. The number of benzene rings is 1. The van der Waals surface area contributed by atoms with Gasteiger partial charge in [0.15, 0.2) is 11.2 Å². The topological polar surface area (TPSA) is 71.8 Å². The zero-order chi connectivity index (χ0) is 20.2. The maximum atomic E-state index is 12.7. The summed E-state index contributed by atoms with van der Waals surface area (Å²) in [5.74, 6) is -0.336. The molecule has 0 aliphatic carbocycles. The smallest absolute Gasteiger partial charge is 0.287 e. The van der Waals surface area contributed by atoms with Crippen molar-refractivity contribution >= 4 is 28.2 Å². The van der Waals surface area contributed by atoms with Gasteiger partial charge in [0, 0.05) is 30.6 Å².